The minimum absolute atomic E-state index is 0.000548. The van der Waals surface area contributed by atoms with Gasteiger partial charge in [-0.2, -0.15) is 8.78 Å². The van der Waals surface area contributed by atoms with Crippen LogP contribution >= 0.6 is 0 Å². The van der Waals surface area contributed by atoms with Crippen LogP contribution in [0.1, 0.15) is 17.4 Å². The predicted octanol–water partition coefficient (Wildman–Crippen LogP) is 1.86. The first-order chi connectivity index (χ1) is 12.0. The highest BCUT2D eigenvalue weighted by Gasteiger charge is 2.10. The highest BCUT2D eigenvalue weighted by molar-refractivity contribution is 5.77. The van der Waals surface area contributed by atoms with Gasteiger partial charge in [-0.25, -0.2) is 0 Å². The third kappa shape index (κ3) is 6.72. The van der Waals surface area contributed by atoms with Crippen molar-refractivity contribution in [2.75, 3.05) is 13.1 Å². The molecule has 1 aromatic carbocycles. The molecule has 0 radical (unpaired) electrons. The number of aromatic nitrogens is 1. The number of nitrogens with one attached hydrogen (secondary N) is 1. The molecule has 25 heavy (non-hydrogen) atoms. The highest BCUT2D eigenvalue weighted by Crippen LogP contribution is 2.21. The monoisotopic (exact) mass is 350 g/mol. The van der Waals surface area contributed by atoms with Gasteiger partial charge in [0.05, 0.1) is 12.6 Å². The number of guanidine groups is 1. The van der Waals surface area contributed by atoms with Gasteiger partial charge >= 0.3 is 6.61 Å². The number of alkyl halides is 2. The Balaban J connectivity index is 1.81. The summed E-state index contributed by atoms with van der Waals surface area (Å²) in [5.74, 6) is 0.173. The van der Waals surface area contributed by atoms with E-state index in [-0.39, 0.29) is 18.3 Å². The zero-order chi connectivity index (χ0) is 18.1. The molecule has 6 nitrogen and oxygen atoms in total. The van der Waals surface area contributed by atoms with Crippen molar-refractivity contribution in [3.8, 4) is 5.75 Å². The van der Waals surface area contributed by atoms with E-state index in [2.05, 4.69) is 20.0 Å². The van der Waals surface area contributed by atoms with E-state index in [9.17, 15) is 13.9 Å². The number of benzene rings is 1. The molecule has 0 saturated heterocycles. The van der Waals surface area contributed by atoms with Gasteiger partial charge in [0.1, 0.15) is 5.75 Å². The van der Waals surface area contributed by atoms with Crippen LogP contribution in [-0.2, 0) is 6.42 Å². The number of aliphatic hydroxyl groups is 1. The van der Waals surface area contributed by atoms with Crippen molar-refractivity contribution < 1.29 is 18.6 Å². The lowest BCUT2D eigenvalue weighted by atomic mass is 10.1. The first kappa shape index (κ1) is 18.6. The second-order valence-electron chi connectivity index (χ2n) is 5.19. The van der Waals surface area contributed by atoms with E-state index in [1.807, 2.05) is 18.2 Å². The molecular formula is C17H20F2N4O2. The first-order valence-electron chi connectivity index (χ1n) is 7.71. The number of pyridine rings is 1. The average Bonchev–Trinajstić information content (AvgIpc) is 2.60. The summed E-state index contributed by atoms with van der Waals surface area (Å²) in [6.07, 6.45) is 1.43. The third-order valence-electron chi connectivity index (χ3n) is 3.32. The van der Waals surface area contributed by atoms with Gasteiger partial charge in [0.2, 0.25) is 0 Å². The van der Waals surface area contributed by atoms with Crippen molar-refractivity contribution >= 4 is 5.96 Å². The molecule has 4 N–H and O–H groups in total. The number of nitrogens with two attached hydrogens (primary N) is 1. The van der Waals surface area contributed by atoms with Crippen LogP contribution in [0.25, 0.3) is 0 Å². The number of ether oxygens (including phenoxy) is 1. The number of halogens is 2. The minimum Gasteiger partial charge on any atom is -0.435 e. The molecule has 0 aliphatic rings. The highest BCUT2D eigenvalue weighted by atomic mass is 19.3. The van der Waals surface area contributed by atoms with Gasteiger partial charge < -0.3 is 20.9 Å². The van der Waals surface area contributed by atoms with Gasteiger partial charge in [0.25, 0.3) is 0 Å². The number of aliphatic imine (C=N–C) groups is 1. The molecule has 0 aliphatic carbocycles. The minimum atomic E-state index is -2.91. The SMILES string of the molecule is NC(=NCC(O)c1cccc(OC(F)F)c1)NCCc1ccccn1. The van der Waals surface area contributed by atoms with Gasteiger partial charge in [0, 0.05) is 24.9 Å². The van der Waals surface area contributed by atoms with Gasteiger partial charge in [-0.05, 0) is 29.8 Å². The van der Waals surface area contributed by atoms with Crippen LogP contribution in [-0.4, -0.2) is 35.8 Å². The van der Waals surface area contributed by atoms with E-state index in [0.29, 0.717) is 18.5 Å². The zero-order valence-corrected chi connectivity index (χ0v) is 13.5. The molecule has 0 aliphatic heterocycles. The maximum Gasteiger partial charge on any atom is 0.387 e. The summed E-state index contributed by atoms with van der Waals surface area (Å²) in [7, 11) is 0. The molecule has 0 amide bonds. The molecule has 0 spiro atoms. The van der Waals surface area contributed by atoms with Gasteiger partial charge in [-0.15, -0.1) is 0 Å². The van der Waals surface area contributed by atoms with Crippen LogP contribution in [0.15, 0.2) is 53.7 Å². The standard InChI is InChI=1S/C17H20F2N4O2/c18-16(19)25-14-6-3-4-12(10-14)15(24)11-23-17(20)22-9-7-13-5-1-2-8-21-13/h1-6,8,10,15-16,24H,7,9,11H2,(H3,20,22,23). The molecule has 134 valence electrons. The Labute approximate surface area is 144 Å². The topological polar surface area (TPSA) is 92.8 Å². The van der Waals surface area contributed by atoms with Crippen LogP contribution < -0.4 is 15.8 Å². The zero-order valence-electron chi connectivity index (χ0n) is 13.5. The summed E-state index contributed by atoms with van der Waals surface area (Å²) < 4.78 is 28.7. The maximum absolute atomic E-state index is 12.2. The van der Waals surface area contributed by atoms with E-state index in [1.165, 1.54) is 18.2 Å². The fourth-order valence-electron chi connectivity index (χ4n) is 2.11. The Morgan fingerprint density at radius 2 is 2.12 bits per heavy atom. The third-order valence-corrected chi connectivity index (χ3v) is 3.32. The Morgan fingerprint density at radius 3 is 2.84 bits per heavy atom. The second-order valence-corrected chi connectivity index (χ2v) is 5.19. The molecule has 1 aromatic heterocycles. The Morgan fingerprint density at radius 1 is 1.28 bits per heavy atom. The number of rotatable bonds is 8. The quantitative estimate of drug-likeness (QED) is 0.499. The molecule has 1 unspecified atom stereocenters. The Hall–Kier alpha value is -2.74. The maximum atomic E-state index is 12.2. The Bertz CT molecular complexity index is 683. The average molecular weight is 350 g/mol. The molecule has 0 saturated carbocycles. The van der Waals surface area contributed by atoms with Gasteiger partial charge in [0.15, 0.2) is 5.96 Å². The van der Waals surface area contributed by atoms with Crippen LogP contribution in [0, 0.1) is 0 Å². The molecule has 0 fully saturated rings. The van der Waals surface area contributed by atoms with Crippen LogP contribution in [0.4, 0.5) is 8.78 Å². The van der Waals surface area contributed by atoms with Crippen molar-refractivity contribution in [2.24, 2.45) is 10.7 Å². The molecular weight excluding hydrogens is 330 g/mol. The smallest absolute Gasteiger partial charge is 0.387 e. The summed E-state index contributed by atoms with van der Waals surface area (Å²) in [4.78, 5) is 8.24. The fraction of sp³-hybridized carbons (Fsp3) is 0.294. The normalized spacial score (nSPS) is 12.9. The van der Waals surface area contributed by atoms with Gasteiger partial charge in [-0.1, -0.05) is 18.2 Å². The Kier molecular flexibility index (Phi) is 7.09. The van der Waals surface area contributed by atoms with E-state index in [1.54, 1.807) is 12.3 Å². The second kappa shape index (κ2) is 9.53. The number of aliphatic hydroxyl groups excluding tert-OH is 1. The molecule has 1 heterocycles. The van der Waals surface area contributed by atoms with Gasteiger partial charge in [-0.3, -0.25) is 9.98 Å². The molecule has 2 rings (SSSR count). The predicted molar refractivity (Wildman–Crippen MR) is 90.5 cm³/mol. The lowest BCUT2D eigenvalue weighted by Crippen LogP contribution is -2.33. The van der Waals surface area contributed by atoms with Crippen molar-refractivity contribution in [1.29, 1.82) is 0 Å². The lowest BCUT2D eigenvalue weighted by Gasteiger charge is -2.11. The summed E-state index contributed by atoms with van der Waals surface area (Å²) in [5, 5.41) is 13.0. The summed E-state index contributed by atoms with van der Waals surface area (Å²) in [6.45, 7) is -2.36. The number of nitrogens with zero attached hydrogens (tertiary/aromatic N) is 2. The number of hydrogen-bond acceptors (Lipinski definition) is 4. The van der Waals surface area contributed by atoms with E-state index in [4.69, 9.17) is 5.73 Å². The van der Waals surface area contributed by atoms with Crippen molar-refractivity contribution in [1.82, 2.24) is 10.3 Å². The van der Waals surface area contributed by atoms with Crippen LogP contribution in [0.2, 0.25) is 0 Å². The van der Waals surface area contributed by atoms with E-state index in [0.717, 1.165) is 5.69 Å². The fourth-order valence-corrected chi connectivity index (χ4v) is 2.11. The van der Waals surface area contributed by atoms with Crippen molar-refractivity contribution in [3.05, 3.63) is 59.9 Å². The molecule has 8 heteroatoms. The van der Waals surface area contributed by atoms with Crippen molar-refractivity contribution in [3.63, 3.8) is 0 Å². The molecule has 2 aromatic rings. The summed E-state index contributed by atoms with van der Waals surface area (Å²) >= 11 is 0. The van der Waals surface area contributed by atoms with E-state index >= 15 is 0 Å². The van der Waals surface area contributed by atoms with Crippen LogP contribution in [0.3, 0.4) is 0 Å². The lowest BCUT2D eigenvalue weighted by molar-refractivity contribution is -0.0499. The van der Waals surface area contributed by atoms with E-state index < -0.39 is 12.7 Å². The number of hydrogen-bond donors (Lipinski definition) is 3. The molecule has 1 atom stereocenters. The van der Waals surface area contributed by atoms with Crippen molar-refractivity contribution in [2.45, 2.75) is 19.1 Å². The largest absolute Gasteiger partial charge is 0.435 e. The molecule has 0 bridgehead atoms. The van der Waals surface area contributed by atoms with Crippen LogP contribution in [0.5, 0.6) is 5.75 Å². The summed E-state index contributed by atoms with van der Waals surface area (Å²) in [6, 6.07) is 11.5. The first-order valence-corrected chi connectivity index (χ1v) is 7.71. The summed E-state index contributed by atoms with van der Waals surface area (Å²) in [5.41, 5.74) is 7.09.